The molecule has 1 N–H and O–H groups in total. The fourth-order valence-corrected chi connectivity index (χ4v) is 3.82. The molecule has 0 aliphatic carbocycles. The smallest absolute Gasteiger partial charge is 0.218 e. The summed E-state index contributed by atoms with van der Waals surface area (Å²) in [6, 6.07) is 11.0. The standard InChI is InChI=1S/C19H25N3O2/c1-23-19-15(9-14-5-2-3-7-18(14)21-19)10-20-11-17-12-22-8-4-6-16(22)13-24-17/h2-3,5,7,9,16-17,20H,4,6,8,10-13H2,1H3/t16-,17+/m1/s1. The van der Waals surface area contributed by atoms with Crippen LogP contribution in [0.1, 0.15) is 18.4 Å². The van der Waals surface area contributed by atoms with Crippen molar-refractivity contribution in [2.45, 2.75) is 31.5 Å². The Morgan fingerprint density at radius 2 is 2.29 bits per heavy atom. The van der Waals surface area contributed by atoms with Crippen molar-refractivity contribution in [2.24, 2.45) is 0 Å². The van der Waals surface area contributed by atoms with E-state index < -0.39 is 0 Å². The van der Waals surface area contributed by atoms with Crippen LogP contribution < -0.4 is 10.1 Å². The average Bonchev–Trinajstić information content (AvgIpc) is 3.09. The topological polar surface area (TPSA) is 46.6 Å². The number of para-hydroxylation sites is 1. The van der Waals surface area contributed by atoms with Gasteiger partial charge in [0.15, 0.2) is 0 Å². The van der Waals surface area contributed by atoms with Gasteiger partial charge in [-0.3, -0.25) is 4.90 Å². The summed E-state index contributed by atoms with van der Waals surface area (Å²) in [6.07, 6.45) is 2.88. The fraction of sp³-hybridized carbons (Fsp3) is 0.526. The third kappa shape index (κ3) is 3.24. The minimum absolute atomic E-state index is 0.277. The number of ether oxygens (including phenoxy) is 2. The molecule has 24 heavy (non-hydrogen) atoms. The van der Waals surface area contributed by atoms with Crippen LogP contribution in [0.4, 0.5) is 0 Å². The van der Waals surface area contributed by atoms with Gasteiger partial charge in [0.25, 0.3) is 0 Å². The average molecular weight is 327 g/mol. The zero-order valence-electron chi connectivity index (χ0n) is 14.2. The molecular weight excluding hydrogens is 302 g/mol. The van der Waals surface area contributed by atoms with E-state index in [1.807, 2.05) is 18.2 Å². The van der Waals surface area contributed by atoms with Gasteiger partial charge in [-0.2, -0.15) is 0 Å². The normalized spacial score (nSPS) is 24.2. The third-order valence-electron chi connectivity index (χ3n) is 5.11. The molecule has 1 aromatic carbocycles. The van der Waals surface area contributed by atoms with Crippen LogP contribution in [0.15, 0.2) is 30.3 Å². The molecule has 0 unspecified atom stereocenters. The molecule has 3 heterocycles. The van der Waals surface area contributed by atoms with Crippen LogP contribution >= 0.6 is 0 Å². The van der Waals surface area contributed by atoms with Crippen LogP contribution in [0.25, 0.3) is 10.9 Å². The molecule has 2 aliphatic rings. The van der Waals surface area contributed by atoms with Crippen LogP contribution in [0.2, 0.25) is 0 Å². The minimum Gasteiger partial charge on any atom is -0.481 e. The van der Waals surface area contributed by atoms with Gasteiger partial charge in [0.1, 0.15) is 0 Å². The molecule has 4 rings (SSSR count). The summed E-state index contributed by atoms with van der Waals surface area (Å²) in [5, 5.41) is 4.66. The van der Waals surface area contributed by atoms with Crippen molar-refractivity contribution in [2.75, 3.05) is 33.4 Å². The number of hydrogen-bond donors (Lipinski definition) is 1. The van der Waals surface area contributed by atoms with E-state index in [0.29, 0.717) is 11.9 Å². The quantitative estimate of drug-likeness (QED) is 0.912. The van der Waals surface area contributed by atoms with Gasteiger partial charge in [-0.25, -0.2) is 4.98 Å². The SMILES string of the molecule is COc1nc2ccccc2cc1CNC[C@H]1CN2CCC[C@@H]2CO1. The summed E-state index contributed by atoms with van der Waals surface area (Å²) in [4.78, 5) is 7.18. The van der Waals surface area contributed by atoms with Gasteiger partial charge in [-0.05, 0) is 31.5 Å². The number of pyridine rings is 1. The number of hydrogen-bond acceptors (Lipinski definition) is 5. The van der Waals surface area contributed by atoms with Crippen molar-refractivity contribution in [3.8, 4) is 5.88 Å². The number of nitrogens with one attached hydrogen (secondary N) is 1. The summed E-state index contributed by atoms with van der Waals surface area (Å²) < 4.78 is 11.5. The van der Waals surface area contributed by atoms with Gasteiger partial charge >= 0.3 is 0 Å². The molecule has 128 valence electrons. The maximum absolute atomic E-state index is 6.01. The van der Waals surface area contributed by atoms with Gasteiger partial charge in [-0.15, -0.1) is 0 Å². The van der Waals surface area contributed by atoms with E-state index in [-0.39, 0.29) is 6.10 Å². The Hall–Kier alpha value is -1.69. The largest absolute Gasteiger partial charge is 0.481 e. The first kappa shape index (κ1) is 15.8. The van der Waals surface area contributed by atoms with Gasteiger partial charge in [0, 0.05) is 36.6 Å². The number of fused-ring (bicyclic) bond motifs is 2. The van der Waals surface area contributed by atoms with Crippen LogP contribution in [-0.2, 0) is 11.3 Å². The van der Waals surface area contributed by atoms with E-state index in [2.05, 4.69) is 27.3 Å². The molecule has 2 aliphatic heterocycles. The third-order valence-corrected chi connectivity index (χ3v) is 5.11. The van der Waals surface area contributed by atoms with E-state index in [4.69, 9.17) is 9.47 Å². The Kier molecular flexibility index (Phi) is 4.65. The van der Waals surface area contributed by atoms with Crippen molar-refractivity contribution in [3.05, 3.63) is 35.9 Å². The van der Waals surface area contributed by atoms with E-state index in [0.717, 1.165) is 42.7 Å². The van der Waals surface area contributed by atoms with Crippen molar-refractivity contribution < 1.29 is 9.47 Å². The lowest BCUT2D eigenvalue weighted by Crippen LogP contribution is -2.49. The molecule has 2 saturated heterocycles. The first-order chi connectivity index (χ1) is 11.8. The summed E-state index contributed by atoms with van der Waals surface area (Å²) in [7, 11) is 1.68. The Bertz CT molecular complexity index is 706. The minimum atomic E-state index is 0.277. The predicted octanol–water partition coefficient (Wildman–Crippen LogP) is 2.20. The van der Waals surface area contributed by atoms with E-state index in [1.165, 1.54) is 19.4 Å². The second kappa shape index (κ2) is 7.05. The number of methoxy groups -OCH3 is 1. The van der Waals surface area contributed by atoms with Gasteiger partial charge in [0.2, 0.25) is 5.88 Å². The summed E-state index contributed by atoms with van der Waals surface area (Å²) >= 11 is 0. The molecular formula is C19H25N3O2. The number of rotatable bonds is 5. The Morgan fingerprint density at radius 3 is 3.21 bits per heavy atom. The first-order valence-corrected chi connectivity index (χ1v) is 8.82. The lowest BCUT2D eigenvalue weighted by molar-refractivity contribution is -0.0470. The van der Waals surface area contributed by atoms with Gasteiger partial charge < -0.3 is 14.8 Å². The highest BCUT2D eigenvalue weighted by Gasteiger charge is 2.31. The predicted molar refractivity (Wildman–Crippen MR) is 94.3 cm³/mol. The maximum Gasteiger partial charge on any atom is 0.218 e. The zero-order chi connectivity index (χ0) is 16.4. The Balaban J connectivity index is 1.38. The molecule has 0 bridgehead atoms. The second-order valence-electron chi connectivity index (χ2n) is 6.73. The Labute approximate surface area is 143 Å². The second-order valence-corrected chi connectivity index (χ2v) is 6.73. The highest BCUT2D eigenvalue weighted by Crippen LogP contribution is 2.23. The molecule has 1 aromatic heterocycles. The van der Waals surface area contributed by atoms with E-state index >= 15 is 0 Å². The molecule has 5 nitrogen and oxygen atoms in total. The van der Waals surface area contributed by atoms with Crippen LogP contribution in [0, 0.1) is 0 Å². The molecule has 0 saturated carbocycles. The molecule has 2 aromatic rings. The molecule has 5 heteroatoms. The van der Waals surface area contributed by atoms with Crippen LogP contribution in [-0.4, -0.2) is 55.4 Å². The van der Waals surface area contributed by atoms with Crippen molar-refractivity contribution in [1.29, 1.82) is 0 Å². The zero-order valence-corrected chi connectivity index (χ0v) is 14.2. The molecule has 0 spiro atoms. The molecule has 0 amide bonds. The molecule has 0 radical (unpaired) electrons. The number of nitrogens with zero attached hydrogens (tertiary/aromatic N) is 2. The van der Waals surface area contributed by atoms with Gasteiger partial charge in [0.05, 0.1) is 25.3 Å². The van der Waals surface area contributed by atoms with Crippen LogP contribution in [0.3, 0.4) is 0 Å². The van der Waals surface area contributed by atoms with E-state index in [9.17, 15) is 0 Å². The fourth-order valence-electron chi connectivity index (χ4n) is 3.82. The number of aromatic nitrogens is 1. The van der Waals surface area contributed by atoms with Crippen molar-refractivity contribution >= 4 is 10.9 Å². The van der Waals surface area contributed by atoms with Crippen molar-refractivity contribution in [3.63, 3.8) is 0 Å². The summed E-state index contributed by atoms with van der Waals surface area (Å²) in [5.41, 5.74) is 2.06. The van der Waals surface area contributed by atoms with Gasteiger partial charge in [-0.1, -0.05) is 18.2 Å². The monoisotopic (exact) mass is 327 g/mol. The number of benzene rings is 1. The molecule has 2 atom stereocenters. The van der Waals surface area contributed by atoms with Crippen LogP contribution in [0.5, 0.6) is 5.88 Å². The van der Waals surface area contributed by atoms with E-state index in [1.54, 1.807) is 7.11 Å². The first-order valence-electron chi connectivity index (χ1n) is 8.82. The molecule has 2 fully saturated rings. The highest BCUT2D eigenvalue weighted by molar-refractivity contribution is 5.80. The van der Waals surface area contributed by atoms with Crippen molar-refractivity contribution in [1.82, 2.24) is 15.2 Å². The number of morpholine rings is 1. The maximum atomic E-state index is 6.01. The highest BCUT2D eigenvalue weighted by atomic mass is 16.5. The summed E-state index contributed by atoms with van der Waals surface area (Å²) in [5.74, 6) is 0.699. The lowest BCUT2D eigenvalue weighted by atomic mass is 10.1. The Morgan fingerprint density at radius 1 is 1.38 bits per heavy atom. The lowest BCUT2D eigenvalue weighted by Gasteiger charge is -2.35. The summed E-state index contributed by atoms with van der Waals surface area (Å²) in [6.45, 7) is 4.76.